The number of hydrogen-bond donors (Lipinski definition) is 1. The molecule has 0 saturated carbocycles. The number of para-hydroxylation sites is 1. The third-order valence-corrected chi connectivity index (χ3v) is 6.37. The molecule has 0 aliphatic carbocycles. The zero-order valence-electron chi connectivity index (χ0n) is 20.4. The summed E-state index contributed by atoms with van der Waals surface area (Å²) in [6.45, 7) is 5.99. The number of benzene rings is 3. The van der Waals surface area contributed by atoms with Gasteiger partial charge in [-0.25, -0.2) is 9.98 Å². The Morgan fingerprint density at radius 3 is 2.44 bits per heavy atom. The van der Waals surface area contributed by atoms with Gasteiger partial charge in [-0.05, 0) is 106 Å². The van der Waals surface area contributed by atoms with Crippen molar-refractivity contribution in [2.75, 3.05) is 7.11 Å². The SMILES string of the molecule is COc1cc(C=NNC(=Nc2c(Br)cc(C)cc2Br)c2ccc3ccccc3n2)ccc1OC(C)C. The number of ether oxygens (including phenoxy) is 2. The Labute approximate surface area is 227 Å². The molecular formula is C28H26Br2N4O2. The minimum absolute atomic E-state index is 0.0497. The van der Waals surface area contributed by atoms with E-state index < -0.39 is 0 Å². The molecule has 184 valence electrons. The summed E-state index contributed by atoms with van der Waals surface area (Å²) >= 11 is 7.27. The van der Waals surface area contributed by atoms with E-state index in [1.807, 2.05) is 87.5 Å². The highest BCUT2D eigenvalue weighted by atomic mass is 79.9. The van der Waals surface area contributed by atoms with Gasteiger partial charge in [-0.3, -0.25) is 5.43 Å². The zero-order chi connectivity index (χ0) is 25.7. The van der Waals surface area contributed by atoms with Crippen LogP contribution in [-0.2, 0) is 0 Å². The Balaban J connectivity index is 1.69. The highest BCUT2D eigenvalue weighted by molar-refractivity contribution is 9.11. The third kappa shape index (κ3) is 6.30. The molecule has 0 spiro atoms. The topological polar surface area (TPSA) is 68.1 Å². The van der Waals surface area contributed by atoms with E-state index in [0.29, 0.717) is 23.0 Å². The molecule has 0 unspecified atom stereocenters. The molecule has 1 N–H and O–H groups in total. The van der Waals surface area contributed by atoms with Crippen LogP contribution in [0.2, 0.25) is 0 Å². The Kier molecular flexibility index (Phi) is 8.38. The lowest BCUT2D eigenvalue weighted by Crippen LogP contribution is -2.20. The lowest BCUT2D eigenvalue weighted by atomic mass is 10.2. The molecule has 1 heterocycles. The lowest BCUT2D eigenvalue weighted by molar-refractivity contribution is 0.230. The van der Waals surface area contributed by atoms with Gasteiger partial charge in [0.15, 0.2) is 17.3 Å². The highest BCUT2D eigenvalue weighted by Gasteiger charge is 2.12. The summed E-state index contributed by atoms with van der Waals surface area (Å²) in [5.41, 5.74) is 7.34. The summed E-state index contributed by atoms with van der Waals surface area (Å²) in [6.07, 6.45) is 1.76. The molecule has 0 saturated heterocycles. The third-order valence-electron chi connectivity index (χ3n) is 5.16. The molecule has 0 aliphatic heterocycles. The van der Waals surface area contributed by atoms with Crippen LogP contribution in [0.3, 0.4) is 0 Å². The lowest BCUT2D eigenvalue weighted by Gasteiger charge is -2.13. The average molecular weight is 610 g/mol. The zero-order valence-corrected chi connectivity index (χ0v) is 23.6. The van der Waals surface area contributed by atoms with E-state index in [2.05, 4.69) is 42.4 Å². The number of nitrogens with one attached hydrogen (secondary N) is 1. The number of aromatic nitrogens is 1. The van der Waals surface area contributed by atoms with Crippen molar-refractivity contribution in [2.45, 2.75) is 26.9 Å². The first-order valence-corrected chi connectivity index (χ1v) is 13.0. The Bertz CT molecular complexity index is 1430. The predicted molar refractivity (Wildman–Crippen MR) is 154 cm³/mol. The number of aliphatic imine (C=N–C) groups is 1. The Morgan fingerprint density at radius 2 is 1.72 bits per heavy atom. The van der Waals surface area contributed by atoms with Gasteiger partial charge >= 0.3 is 0 Å². The Hall–Kier alpha value is -3.23. The van der Waals surface area contributed by atoms with Crippen LogP contribution in [-0.4, -0.2) is 30.2 Å². The molecule has 8 heteroatoms. The first-order valence-electron chi connectivity index (χ1n) is 11.4. The number of hydrogen-bond acceptors (Lipinski definition) is 5. The van der Waals surface area contributed by atoms with E-state index in [0.717, 1.165) is 36.7 Å². The number of pyridine rings is 1. The van der Waals surface area contributed by atoms with Gasteiger partial charge in [0, 0.05) is 14.3 Å². The van der Waals surface area contributed by atoms with Gasteiger partial charge in [0.05, 0.1) is 30.6 Å². The largest absolute Gasteiger partial charge is 0.493 e. The summed E-state index contributed by atoms with van der Waals surface area (Å²) in [6, 6.07) is 21.6. The van der Waals surface area contributed by atoms with Crippen LogP contribution in [0.1, 0.15) is 30.7 Å². The summed E-state index contributed by atoms with van der Waals surface area (Å²) in [5, 5.41) is 5.52. The summed E-state index contributed by atoms with van der Waals surface area (Å²) in [4.78, 5) is 9.68. The van der Waals surface area contributed by atoms with E-state index in [-0.39, 0.29) is 6.10 Å². The number of fused-ring (bicyclic) bond motifs is 1. The number of rotatable bonds is 7. The molecule has 0 bridgehead atoms. The maximum Gasteiger partial charge on any atom is 0.173 e. The van der Waals surface area contributed by atoms with Crippen molar-refractivity contribution in [1.82, 2.24) is 10.4 Å². The first-order chi connectivity index (χ1) is 17.3. The number of nitrogens with zero attached hydrogens (tertiary/aromatic N) is 3. The molecule has 0 radical (unpaired) electrons. The Morgan fingerprint density at radius 1 is 0.972 bits per heavy atom. The van der Waals surface area contributed by atoms with Gasteiger partial charge in [-0.15, -0.1) is 0 Å². The maximum atomic E-state index is 5.80. The second-order valence-electron chi connectivity index (χ2n) is 8.37. The molecule has 0 aliphatic rings. The van der Waals surface area contributed by atoms with Crippen LogP contribution in [0.25, 0.3) is 10.9 Å². The predicted octanol–water partition coefficient (Wildman–Crippen LogP) is 7.57. The second-order valence-corrected chi connectivity index (χ2v) is 10.1. The van der Waals surface area contributed by atoms with Crippen LogP contribution in [0, 0.1) is 6.92 Å². The molecule has 1 aromatic heterocycles. The minimum Gasteiger partial charge on any atom is -0.493 e. The van der Waals surface area contributed by atoms with Crippen LogP contribution in [0.4, 0.5) is 5.69 Å². The van der Waals surface area contributed by atoms with Gasteiger partial charge in [0.25, 0.3) is 0 Å². The van der Waals surface area contributed by atoms with Gasteiger partial charge in [0.1, 0.15) is 5.69 Å². The summed E-state index contributed by atoms with van der Waals surface area (Å²) in [5.74, 6) is 1.84. The fourth-order valence-electron chi connectivity index (χ4n) is 3.53. The number of amidine groups is 1. The van der Waals surface area contributed by atoms with Crippen molar-refractivity contribution in [3.05, 3.63) is 92.5 Å². The van der Waals surface area contributed by atoms with Gasteiger partial charge in [-0.2, -0.15) is 5.10 Å². The van der Waals surface area contributed by atoms with E-state index in [4.69, 9.17) is 19.5 Å². The fourth-order valence-corrected chi connectivity index (χ4v) is 5.12. The van der Waals surface area contributed by atoms with Crippen molar-refractivity contribution in [1.29, 1.82) is 0 Å². The molecular weight excluding hydrogens is 584 g/mol. The van der Waals surface area contributed by atoms with E-state index in [1.54, 1.807) is 13.3 Å². The van der Waals surface area contributed by atoms with E-state index in [1.165, 1.54) is 0 Å². The smallest absolute Gasteiger partial charge is 0.173 e. The number of aryl methyl sites for hydroxylation is 1. The molecule has 0 amide bonds. The van der Waals surface area contributed by atoms with Crippen molar-refractivity contribution in [2.24, 2.45) is 10.1 Å². The molecule has 3 aromatic carbocycles. The first kappa shape index (κ1) is 25.9. The summed E-state index contributed by atoms with van der Waals surface area (Å²) in [7, 11) is 1.62. The van der Waals surface area contributed by atoms with Crippen molar-refractivity contribution in [3.8, 4) is 11.5 Å². The highest BCUT2D eigenvalue weighted by Crippen LogP contribution is 2.35. The van der Waals surface area contributed by atoms with Crippen molar-refractivity contribution >= 4 is 60.5 Å². The molecule has 6 nitrogen and oxygen atoms in total. The van der Waals surface area contributed by atoms with E-state index in [9.17, 15) is 0 Å². The standard InChI is InChI=1S/C28H26Br2N4O2/c1-17(2)36-25-12-9-19(15-26(25)35-4)16-31-34-28(33-27-21(29)13-18(3)14-22(27)30)24-11-10-20-7-5-6-8-23(20)32-24/h5-17H,1-4H3,(H,33,34). The molecule has 4 rings (SSSR count). The quantitative estimate of drug-likeness (QED) is 0.133. The maximum absolute atomic E-state index is 5.80. The van der Waals surface area contributed by atoms with E-state index >= 15 is 0 Å². The average Bonchev–Trinajstić information content (AvgIpc) is 2.85. The van der Waals surface area contributed by atoms with Crippen LogP contribution in [0.15, 0.2) is 85.8 Å². The van der Waals surface area contributed by atoms with Gasteiger partial charge in [0.2, 0.25) is 0 Å². The second kappa shape index (κ2) is 11.7. The number of methoxy groups -OCH3 is 1. The minimum atomic E-state index is 0.0497. The van der Waals surface area contributed by atoms with Gasteiger partial charge < -0.3 is 9.47 Å². The normalized spacial score (nSPS) is 11.9. The van der Waals surface area contributed by atoms with Crippen LogP contribution in [0.5, 0.6) is 11.5 Å². The molecule has 4 aromatic rings. The fraction of sp³-hybridized carbons (Fsp3) is 0.179. The number of halogens is 2. The summed E-state index contributed by atoms with van der Waals surface area (Å²) < 4.78 is 13.0. The number of hydrazone groups is 1. The van der Waals surface area contributed by atoms with Gasteiger partial charge in [-0.1, -0.05) is 24.3 Å². The van der Waals surface area contributed by atoms with Crippen LogP contribution >= 0.6 is 31.9 Å². The molecule has 0 atom stereocenters. The van der Waals surface area contributed by atoms with Crippen molar-refractivity contribution < 1.29 is 9.47 Å². The monoisotopic (exact) mass is 608 g/mol. The van der Waals surface area contributed by atoms with Crippen molar-refractivity contribution in [3.63, 3.8) is 0 Å². The molecule has 36 heavy (non-hydrogen) atoms. The molecule has 0 fully saturated rings. The van der Waals surface area contributed by atoms with Crippen LogP contribution < -0.4 is 14.9 Å².